The van der Waals surface area contributed by atoms with Crippen molar-refractivity contribution in [3.05, 3.63) is 21.9 Å². The molecule has 0 amide bonds. The highest BCUT2D eigenvalue weighted by molar-refractivity contribution is 7.10. The molecule has 2 saturated heterocycles. The van der Waals surface area contributed by atoms with Crippen LogP contribution in [0, 0.1) is 6.92 Å². The number of hydrogen-bond donors (Lipinski definition) is 1. The lowest BCUT2D eigenvalue weighted by atomic mass is 9.86. The van der Waals surface area contributed by atoms with Crippen molar-refractivity contribution in [2.24, 2.45) is 0 Å². The van der Waals surface area contributed by atoms with Crippen LogP contribution in [0.4, 0.5) is 0 Å². The molecule has 2 aliphatic rings. The largest absolute Gasteiger partial charge is 0.383 e. The number of nitrogens with zero attached hydrogens (tertiary/aromatic N) is 1. The number of rotatable bonds is 1. The van der Waals surface area contributed by atoms with E-state index in [1.165, 1.54) is 23.4 Å². The molecule has 3 rings (SSSR count). The topological polar surface area (TPSA) is 23.5 Å². The predicted molar refractivity (Wildman–Crippen MR) is 62.2 cm³/mol. The Kier molecular flexibility index (Phi) is 2.16. The van der Waals surface area contributed by atoms with Crippen molar-refractivity contribution in [2.75, 3.05) is 13.1 Å². The summed E-state index contributed by atoms with van der Waals surface area (Å²) in [6.45, 7) is 4.36. The van der Waals surface area contributed by atoms with Gasteiger partial charge in [0.2, 0.25) is 0 Å². The third kappa shape index (κ3) is 1.30. The van der Waals surface area contributed by atoms with Crippen molar-refractivity contribution in [1.82, 2.24) is 4.90 Å². The number of fused-ring (bicyclic) bond motifs is 1. The molecule has 3 heteroatoms. The van der Waals surface area contributed by atoms with Crippen LogP contribution in [0.5, 0.6) is 0 Å². The number of aliphatic hydroxyl groups is 1. The molecule has 2 fully saturated rings. The fourth-order valence-corrected chi connectivity index (χ4v) is 4.04. The van der Waals surface area contributed by atoms with Gasteiger partial charge in [0.1, 0.15) is 5.60 Å². The Morgan fingerprint density at radius 2 is 2.40 bits per heavy atom. The van der Waals surface area contributed by atoms with Gasteiger partial charge in [0, 0.05) is 17.5 Å². The molecule has 0 radical (unpaired) electrons. The zero-order chi connectivity index (χ0) is 10.5. The first kappa shape index (κ1) is 9.82. The molecule has 0 spiro atoms. The molecular weight excluding hydrogens is 206 g/mol. The first-order valence-corrected chi connectivity index (χ1v) is 6.61. The first-order chi connectivity index (χ1) is 7.22. The van der Waals surface area contributed by atoms with Gasteiger partial charge in [-0.2, -0.15) is 0 Å². The fourth-order valence-electron chi connectivity index (χ4n) is 3.26. The molecule has 1 N–H and O–H groups in total. The molecule has 0 aromatic carbocycles. The molecule has 82 valence electrons. The highest BCUT2D eigenvalue weighted by Gasteiger charge is 2.49. The van der Waals surface area contributed by atoms with E-state index in [2.05, 4.69) is 23.3 Å². The summed E-state index contributed by atoms with van der Waals surface area (Å²) in [5, 5.41) is 13.0. The monoisotopic (exact) mass is 223 g/mol. The quantitative estimate of drug-likeness (QED) is 0.788. The van der Waals surface area contributed by atoms with Gasteiger partial charge in [-0.05, 0) is 49.7 Å². The minimum absolute atomic E-state index is 0.380. The van der Waals surface area contributed by atoms with E-state index in [0.717, 1.165) is 19.4 Å². The predicted octanol–water partition coefficient (Wildman–Crippen LogP) is 2.11. The van der Waals surface area contributed by atoms with Crippen molar-refractivity contribution < 1.29 is 5.11 Å². The Bertz CT molecular complexity index is 375. The summed E-state index contributed by atoms with van der Waals surface area (Å²) < 4.78 is 0. The van der Waals surface area contributed by atoms with E-state index in [9.17, 15) is 5.11 Å². The van der Waals surface area contributed by atoms with Crippen LogP contribution < -0.4 is 0 Å². The summed E-state index contributed by atoms with van der Waals surface area (Å²) in [4.78, 5) is 3.74. The average molecular weight is 223 g/mol. The van der Waals surface area contributed by atoms with E-state index in [1.54, 1.807) is 11.3 Å². The van der Waals surface area contributed by atoms with Crippen LogP contribution in [0.2, 0.25) is 0 Å². The smallest absolute Gasteiger partial charge is 0.107 e. The molecular formula is C12H17NOS. The zero-order valence-corrected chi connectivity index (χ0v) is 9.89. The van der Waals surface area contributed by atoms with Gasteiger partial charge in [-0.15, -0.1) is 11.3 Å². The van der Waals surface area contributed by atoms with Crippen LogP contribution in [0.1, 0.15) is 29.7 Å². The maximum atomic E-state index is 10.9. The lowest BCUT2D eigenvalue weighted by molar-refractivity contribution is 0.00928. The molecule has 0 bridgehead atoms. The van der Waals surface area contributed by atoms with Crippen LogP contribution in [0.25, 0.3) is 0 Å². The SMILES string of the molecule is Cc1sccc1C1(O)CCN2CCCC21. The molecule has 2 nitrogen and oxygen atoms in total. The Labute approximate surface area is 94.5 Å². The third-order valence-electron chi connectivity index (χ3n) is 4.02. The van der Waals surface area contributed by atoms with Gasteiger partial charge in [0.05, 0.1) is 0 Å². The number of thiophene rings is 1. The maximum absolute atomic E-state index is 10.9. The van der Waals surface area contributed by atoms with Crippen molar-refractivity contribution in [3.8, 4) is 0 Å². The van der Waals surface area contributed by atoms with Gasteiger partial charge in [-0.3, -0.25) is 4.90 Å². The van der Waals surface area contributed by atoms with Crippen LogP contribution in [-0.2, 0) is 5.60 Å². The molecule has 2 unspecified atom stereocenters. The van der Waals surface area contributed by atoms with Crippen molar-refractivity contribution in [1.29, 1.82) is 0 Å². The Morgan fingerprint density at radius 3 is 3.13 bits per heavy atom. The van der Waals surface area contributed by atoms with Crippen molar-refractivity contribution in [3.63, 3.8) is 0 Å². The summed E-state index contributed by atoms with van der Waals surface area (Å²) in [6.07, 6.45) is 3.32. The minimum Gasteiger partial charge on any atom is -0.383 e. The van der Waals surface area contributed by atoms with E-state index >= 15 is 0 Å². The second-order valence-corrected chi connectivity index (χ2v) is 5.88. The Hall–Kier alpha value is -0.380. The van der Waals surface area contributed by atoms with E-state index < -0.39 is 5.60 Å². The van der Waals surface area contributed by atoms with Gasteiger partial charge >= 0.3 is 0 Å². The lowest BCUT2D eigenvalue weighted by Crippen LogP contribution is -2.38. The third-order valence-corrected chi connectivity index (χ3v) is 4.87. The minimum atomic E-state index is -0.555. The number of aryl methyl sites for hydroxylation is 1. The van der Waals surface area contributed by atoms with Gasteiger partial charge in [-0.25, -0.2) is 0 Å². The van der Waals surface area contributed by atoms with Crippen molar-refractivity contribution in [2.45, 2.75) is 37.8 Å². The van der Waals surface area contributed by atoms with Crippen LogP contribution in [-0.4, -0.2) is 29.1 Å². The van der Waals surface area contributed by atoms with Crippen LogP contribution in [0.15, 0.2) is 11.4 Å². The molecule has 0 saturated carbocycles. The molecule has 3 heterocycles. The lowest BCUT2D eigenvalue weighted by Gasteiger charge is -2.30. The molecule has 1 aromatic rings. The fraction of sp³-hybridized carbons (Fsp3) is 0.667. The van der Waals surface area contributed by atoms with Crippen LogP contribution >= 0.6 is 11.3 Å². The normalized spacial score (nSPS) is 36.0. The average Bonchev–Trinajstić information content (AvgIpc) is 2.85. The second-order valence-electron chi connectivity index (χ2n) is 4.76. The maximum Gasteiger partial charge on any atom is 0.107 e. The summed E-state index contributed by atoms with van der Waals surface area (Å²) in [5.74, 6) is 0. The Morgan fingerprint density at radius 1 is 1.53 bits per heavy atom. The zero-order valence-electron chi connectivity index (χ0n) is 9.07. The van der Waals surface area contributed by atoms with E-state index in [0.29, 0.717) is 6.04 Å². The number of hydrogen-bond acceptors (Lipinski definition) is 3. The molecule has 15 heavy (non-hydrogen) atoms. The second kappa shape index (κ2) is 3.30. The molecule has 0 aliphatic carbocycles. The van der Waals surface area contributed by atoms with Crippen molar-refractivity contribution >= 4 is 11.3 Å². The van der Waals surface area contributed by atoms with Gasteiger partial charge in [0.25, 0.3) is 0 Å². The van der Waals surface area contributed by atoms with Gasteiger partial charge in [-0.1, -0.05) is 0 Å². The highest BCUT2D eigenvalue weighted by atomic mass is 32.1. The van der Waals surface area contributed by atoms with E-state index in [-0.39, 0.29) is 0 Å². The summed E-state index contributed by atoms with van der Waals surface area (Å²) in [5.41, 5.74) is 0.627. The van der Waals surface area contributed by atoms with Gasteiger partial charge in [0.15, 0.2) is 0 Å². The molecule has 2 atom stereocenters. The Balaban J connectivity index is 2.00. The first-order valence-electron chi connectivity index (χ1n) is 5.73. The molecule has 2 aliphatic heterocycles. The van der Waals surface area contributed by atoms with E-state index in [1.807, 2.05) is 0 Å². The standard InChI is InChI=1S/C12H17NOS/c1-9-10(4-8-15-9)12(14)5-7-13-6-2-3-11(12)13/h4,8,11,14H,2-3,5-7H2,1H3. The summed E-state index contributed by atoms with van der Waals surface area (Å²) >= 11 is 1.75. The van der Waals surface area contributed by atoms with Crippen LogP contribution in [0.3, 0.4) is 0 Å². The summed E-state index contributed by atoms with van der Waals surface area (Å²) in [7, 11) is 0. The molecule has 1 aromatic heterocycles. The summed E-state index contributed by atoms with van der Waals surface area (Å²) in [6, 6.07) is 2.49. The van der Waals surface area contributed by atoms with Gasteiger partial charge < -0.3 is 5.11 Å². The highest BCUT2D eigenvalue weighted by Crippen LogP contribution is 2.44. The van der Waals surface area contributed by atoms with E-state index in [4.69, 9.17) is 0 Å².